The Bertz CT molecular complexity index is 1210. The second-order valence-electron chi connectivity index (χ2n) is 9.44. The Balaban J connectivity index is 0.997. The van der Waals surface area contributed by atoms with Crippen molar-refractivity contribution in [2.75, 3.05) is 31.1 Å². The Hall–Kier alpha value is -2.89. The smallest absolute Gasteiger partial charge is 0.279 e. The molecule has 1 aromatic heterocycles. The number of hydrogen-bond acceptors (Lipinski definition) is 5. The van der Waals surface area contributed by atoms with Crippen LogP contribution in [0.1, 0.15) is 30.4 Å². The lowest BCUT2D eigenvalue weighted by Crippen LogP contribution is -2.47. The van der Waals surface area contributed by atoms with Gasteiger partial charge in [0.15, 0.2) is 0 Å². The lowest BCUT2D eigenvalue weighted by Gasteiger charge is -2.42. The summed E-state index contributed by atoms with van der Waals surface area (Å²) in [5.41, 5.74) is 5.38. The first-order valence-electron chi connectivity index (χ1n) is 12.5. The SMILES string of the molecule is c1ccc2c(c1)CCCN2C1CCN(CCc2ccc(Oc3nc4ccccc4s3)cc2)CC1. The first-order valence-corrected chi connectivity index (χ1v) is 13.3. The number of hydrogen-bond donors (Lipinski definition) is 0. The quantitative estimate of drug-likeness (QED) is 0.320. The molecule has 1 saturated heterocycles. The normalized spacial score (nSPS) is 17.1. The molecular formula is C29H31N3OS. The van der Waals surface area contributed by atoms with Crippen molar-refractivity contribution < 1.29 is 4.74 Å². The fraction of sp³-hybridized carbons (Fsp3) is 0.345. The number of fused-ring (bicyclic) bond motifs is 2. The molecule has 0 N–H and O–H groups in total. The Labute approximate surface area is 205 Å². The summed E-state index contributed by atoms with van der Waals surface area (Å²) in [6.07, 6.45) is 6.14. The highest BCUT2D eigenvalue weighted by molar-refractivity contribution is 7.20. The first kappa shape index (κ1) is 21.6. The molecule has 0 bridgehead atoms. The molecule has 5 heteroatoms. The van der Waals surface area contributed by atoms with E-state index in [0.717, 1.165) is 28.9 Å². The van der Waals surface area contributed by atoms with E-state index in [1.807, 2.05) is 18.2 Å². The number of aromatic nitrogens is 1. The number of piperidine rings is 1. The number of anilines is 1. The van der Waals surface area contributed by atoms with Gasteiger partial charge in [-0.25, -0.2) is 4.98 Å². The Morgan fingerprint density at radius 1 is 0.882 bits per heavy atom. The lowest BCUT2D eigenvalue weighted by atomic mass is 9.96. The summed E-state index contributed by atoms with van der Waals surface area (Å²) in [6.45, 7) is 4.73. The van der Waals surface area contributed by atoms with Crippen LogP contribution in [0.25, 0.3) is 10.2 Å². The van der Waals surface area contributed by atoms with E-state index in [9.17, 15) is 0 Å². The monoisotopic (exact) mass is 469 g/mol. The molecule has 34 heavy (non-hydrogen) atoms. The Morgan fingerprint density at radius 2 is 1.68 bits per heavy atom. The van der Waals surface area contributed by atoms with Gasteiger partial charge in [-0.1, -0.05) is 53.8 Å². The molecule has 4 nitrogen and oxygen atoms in total. The largest absolute Gasteiger partial charge is 0.431 e. The molecule has 2 aliphatic rings. The zero-order chi connectivity index (χ0) is 22.7. The van der Waals surface area contributed by atoms with E-state index < -0.39 is 0 Å². The van der Waals surface area contributed by atoms with E-state index in [4.69, 9.17) is 4.74 Å². The minimum absolute atomic E-state index is 0.691. The molecule has 0 atom stereocenters. The standard InChI is InChI=1S/C29H31N3OS/c1-3-9-27-23(6-1)7-5-18-32(27)24-16-20-31(21-17-24)19-15-22-11-13-25(14-12-22)33-29-30-26-8-2-4-10-28(26)34-29/h1-4,6,8-14,24H,5,7,15-21H2. The van der Waals surface area contributed by atoms with Crippen molar-refractivity contribution in [3.05, 3.63) is 83.9 Å². The minimum Gasteiger partial charge on any atom is -0.431 e. The second-order valence-corrected chi connectivity index (χ2v) is 10.4. The number of thiazole rings is 1. The van der Waals surface area contributed by atoms with E-state index >= 15 is 0 Å². The number of rotatable bonds is 6. The number of nitrogens with zero attached hydrogens (tertiary/aromatic N) is 3. The fourth-order valence-corrected chi connectivity index (χ4v) is 6.24. The molecule has 0 radical (unpaired) electrons. The van der Waals surface area contributed by atoms with Crippen molar-refractivity contribution >= 4 is 27.2 Å². The summed E-state index contributed by atoms with van der Waals surface area (Å²) in [6, 6.07) is 26.4. The van der Waals surface area contributed by atoms with E-state index in [2.05, 4.69) is 69.4 Å². The van der Waals surface area contributed by atoms with Crippen molar-refractivity contribution in [2.45, 2.75) is 38.1 Å². The molecule has 174 valence electrons. The Morgan fingerprint density at radius 3 is 2.53 bits per heavy atom. The summed E-state index contributed by atoms with van der Waals surface area (Å²) >= 11 is 1.59. The van der Waals surface area contributed by atoms with E-state index in [1.54, 1.807) is 11.3 Å². The molecular weight excluding hydrogens is 438 g/mol. The molecule has 0 aliphatic carbocycles. The van der Waals surface area contributed by atoms with Gasteiger partial charge in [0.05, 0.1) is 10.2 Å². The van der Waals surface area contributed by atoms with Crippen LogP contribution in [0, 0.1) is 0 Å². The first-order chi connectivity index (χ1) is 16.8. The van der Waals surface area contributed by atoms with Crippen LogP contribution in [-0.2, 0) is 12.8 Å². The molecule has 4 aromatic rings. The van der Waals surface area contributed by atoms with Gasteiger partial charge in [0.25, 0.3) is 5.19 Å². The lowest BCUT2D eigenvalue weighted by molar-refractivity contribution is 0.210. The van der Waals surface area contributed by atoms with Crippen molar-refractivity contribution in [2.24, 2.45) is 0 Å². The topological polar surface area (TPSA) is 28.6 Å². The van der Waals surface area contributed by atoms with Crippen molar-refractivity contribution in [1.82, 2.24) is 9.88 Å². The number of ether oxygens (including phenoxy) is 1. The zero-order valence-electron chi connectivity index (χ0n) is 19.5. The third-order valence-electron chi connectivity index (χ3n) is 7.26. The predicted molar refractivity (Wildman–Crippen MR) is 141 cm³/mol. The number of aryl methyl sites for hydroxylation is 1. The molecule has 0 amide bonds. The highest BCUT2D eigenvalue weighted by atomic mass is 32.1. The molecule has 0 spiro atoms. The summed E-state index contributed by atoms with van der Waals surface area (Å²) in [5, 5.41) is 0.702. The third kappa shape index (κ3) is 4.68. The maximum Gasteiger partial charge on any atom is 0.279 e. The van der Waals surface area contributed by atoms with Crippen LogP contribution in [0.4, 0.5) is 5.69 Å². The molecule has 0 unspecified atom stereocenters. The van der Waals surface area contributed by atoms with Gasteiger partial charge in [-0.15, -0.1) is 0 Å². The summed E-state index contributed by atoms with van der Waals surface area (Å²) < 4.78 is 7.15. The number of benzene rings is 3. The molecule has 6 rings (SSSR count). The predicted octanol–water partition coefficient (Wildman–Crippen LogP) is 6.55. The molecule has 2 aliphatic heterocycles. The van der Waals surface area contributed by atoms with Crippen LogP contribution in [0.3, 0.4) is 0 Å². The summed E-state index contributed by atoms with van der Waals surface area (Å²) in [4.78, 5) is 9.90. The van der Waals surface area contributed by atoms with E-state index in [-0.39, 0.29) is 0 Å². The van der Waals surface area contributed by atoms with Crippen LogP contribution in [0.5, 0.6) is 10.9 Å². The van der Waals surface area contributed by atoms with Gasteiger partial charge < -0.3 is 14.5 Å². The van der Waals surface area contributed by atoms with Crippen molar-refractivity contribution in [3.8, 4) is 10.9 Å². The van der Waals surface area contributed by atoms with Crippen molar-refractivity contribution in [3.63, 3.8) is 0 Å². The zero-order valence-corrected chi connectivity index (χ0v) is 20.3. The second kappa shape index (κ2) is 9.77. The van der Waals surface area contributed by atoms with Crippen LogP contribution in [0.15, 0.2) is 72.8 Å². The van der Waals surface area contributed by atoms with Crippen LogP contribution < -0.4 is 9.64 Å². The number of likely N-dealkylation sites (tertiary alicyclic amines) is 1. The van der Waals surface area contributed by atoms with E-state index in [1.165, 1.54) is 62.1 Å². The van der Waals surface area contributed by atoms with Gasteiger partial charge in [0, 0.05) is 37.9 Å². The van der Waals surface area contributed by atoms with Gasteiger partial charge in [-0.05, 0) is 73.6 Å². The van der Waals surface area contributed by atoms with Gasteiger partial charge in [-0.2, -0.15) is 0 Å². The van der Waals surface area contributed by atoms with Gasteiger partial charge in [0.1, 0.15) is 5.75 Å². The minimum atomic E-state index is 0.691. The van der Waals surface area contributed by atoms with Crippen LogP contribution >= 0.6 is 11.3 Å². The highest BCUT2D eigenvalue weighted by Crippen LogP contribution is 2.32. The highest BCUT2D eigenvalue weighted by Gasteiger charge is 2.27. The maximum absolute atomic E-state index is 6.00. The van der Waals surface area contributed by atoms with Gasteiger partial charge in [0.2, 0.25) is 0 Å². The van der Waals surface area contributed by atoms with E-state index in [0.29, 0.717) is 11.2 Å². The van der Waals surface area contributed by atoms with Crippen molar-refractivity contribution in [1.29, 1.82) is 0 Å². The van der Waals surface area contributed by atoms with Crippen LogP contribution in [-0.4, -0.2) is 42.1 Å². The molecule has 3 heterocycles. The Kier molecular flexibility index (Phi) is 6.21. The summed E-state index contributed by atoms with van der Waals surface area (Å²) in [5.74, 6) is 0.852. The van der Waals surface area contributed by atoms with Gasteiger partial charge in [-0.3, -0.25) is 0 Å². The fourth-order valence-electron chi connectivity index (χ4n) is 5.40. The van der Waals surface area contributed by atoms with Gasteiger partial charge >= 0.3 is 0 Å². The van der Waals surface area contributed by atoms with Crippen LogP contribution in [0.2, 0.25) is 0 Å². The molecule has 0 saturated carbocycles. The average Bonchev–Trinajstić information content (AvgIpc) is 3.31. The molecule has 1 fully saturated rings. The average molecular weight is 470 g/mol. The molecule has 3 aromatic carbocycles. The maximum atomic E-state index is 6.00. The third-order valence-corrected chi connectivity index (χ3v) is 8.18. The summed E-state index contributed by atoms with van der Waals surface area (Å²) in [7, 11) is 0. The number of para-hydroxylation sites is 2.